The van der Waals surface area contributed by atoms with Crippen molar-refractivity contribution in [2.45, 2.75) is 38.3 Å². The SMILES string of the molecule is COC(=O)C[C@H](NC(=O)N(C)C(C)C1CC1)C(=O)O. The van der Waals surface area contributed by atoms with Crippen molar-refractivity contribution in [1.82, 2.24) is 10.2 Å². The van der Waals surface area contributed by atoms with Crippen LogP contribution in [0.2, 0.25) is 0 Å². The van der Waals surface area contributed by atoms with Crippen molar-refractivity contribution in [3.05, 3.63) is 0 Å². The lowest BCUT2D eigenvalue weighted by atomic mass is 10.2. The summed E-state index contributed by atoms with van der Waals surface area (Å²) in [4.78, 5) is 35.4. The molecule has 0 radical (unpaired) electrons. The highest BCUT2D eigenvalue weighted by Crippen LogP contribution is 2.34. The predicted molar refractivity (Wildman–Crippen MR) is 66.5 cm³/mol. The molecule has 1 unspecified atom stereocenters. The first kappa shape index (κ1) is 15.3. The number of amides is 2. The number of methoxy groups -OCH3 is 1. The van der Waals surface area contributed by atoms with E-state index in [9.17, 15) is 14.4 Å². The van der Waals surface area contributed by atoms with Crippen LogP contribution in [0.25, 0.3) is 0 Å². The molecule has 1 aliphatic rings. The summed E-state index contributed by atoms with van der Waals surface area (Å²) in [6.07, 6.45) is 1.79. The van der Waals surface area contributed by atoms with E-state index in [1.54, 1.807) is 7.05 Å². The standard InChI is InChI=1S/C12H20N2O5/c1-7(8-4-5-8)14(2)12(18)13-9(11(16)17)6-10(15)19-3/h7-9H,4-6H2,1-3H3,(H,13,18)(H,16,17)/t7?,9-/m0/s1. The van der Waals surface area contributed by atoms with Gasteiger partial charge >= 0.3 is 18.0 Å². The largest absolute Gasteiger partial charge is 0.480 e. The van der Waals surface area contributed by atoms with Crippen molar-refractivity contribution in [1.29, 1.82) is 0 Å². The van der Waals surface area contributed by atoms with Gasteiger partial charge in [0.25, 0.3) is 0 Å². The van der Waals surface area contributed by atoms with E-state index < -0.39 is 24.0 Å². The Kier molecular flexibility index (Phi) is 5.14. The summed E-state index contributed by atoms with van der Waals surface area (Å²) >= 11 is 0. The van der Waals surface area contributed by atoms with Crippen LogP contribution in [0.1, 0.15) is 26.2 Å². The summed E-state index contributed by atoms with van der Waals surface area (Å²) in [6.45, 7) is 1.92. The fourth-order valence-electron chi connectivity index (χ4n) is 1.78. The number of urea groups is 1. The van der Waals surface area contributed by atoms with Gasteiger partial charge in [0.05, 0.1) is 13.5 Å². The topological polar surface area (TPSA) is 95.9 Å². The zero-order chi connectivity index (χ0) is 14.6. The Labute approximate surface area is 111 Å². The number of esters is 1. The van der Waals surface area contributed by atoms with Gasteiger partial charge in [-0.25, -0.2) is 9.59 Å². The number of nitrogens with one attached hydrogen (secondary N) is 1. The highest BCUT2D eigenvalue weighted by molar-refractivity contribution is 5.86. The van der Waals surface area contributed by atoms with Gasteiger partial charge in [-0.2, -0.15) is 0 Å². The Balaban J connectivity index is 2.54. The van der Waals surface area contributed by atoms with Crippen molar-refractivity contribution < 1.29 is 24.2 Å². The fourth-order valence-corrected chi connectivity index (χ4v) is 1.78. The third-order valence-electron chi connectivity index (χ3n) is 3.43. The summed E-state index contributed by atoms with van der Waals surface area (Å²) in [5.41, 5.74) is 0. The van der Waals surface area contributed by atoms with Crippen molar-refractivity contribution in [2.75, 3.05) is 14.2 Å². The van der Waals surface area contributed by atoms with E-state index in [2.05, 4.69) is 10.1 Å². The number of ether oxygens (including phenoxy) is 1. The Morgan fingerprint density at radius 2 is 2.00 bits per heavy atom. The molecule has 0 saturated heterocycles. The molecule has 2 N–H and O–H groups in total. The molecule has 1 fully saturated rings. The molecule has 2 atom stereocenters. The van der Waals surface area contributed by atoms with E-state index in [1.807, 2.05) is 6.92 Å². The smallest absolute Gasteiger partial charge is 0.326 e. The first-order valence-corrected chi connectivity index (χ1v) is 6.19. The van der Waals surface area contributed by atoms with Crippen LogP contribution >= 0.6 is 0 Å². The summed E-state index contributed by atoms with van der Waals surface area (Å²) in [5, 5.41) is 11.3. The van der Waals surface area contributed by atoms with Crippen molar-refractivity contribution in [3.63, 3.8) is 0 Å². The van der Waals surface area contributed by atoms with Crippen LogP contribution in [0.5, 0.6) is 0 Å². The lowest BCUT2D eigenvalue weighted by Crippen LogP contribution is -2.50. The Morgan fingerprint density at radius 1 is 1.42 bits per heavy atom. The third kappa shape index (κ3) is 4.42. The maximum absolute atomic E-state index is 11.9. The summed E-state index contributed by atoms with van der Waals surface area (Å²) < 4.78 is 4.40. The molecule has 7 nitrogen and oxygen atoms in total. The molecule has 0 aromatic rings. The quantitative estimate of drug-likeness (QED) is 0.684. The zero-order valence-corrected chi connectivity index (χ0v) is 11.4. The molecule has 108 valence electrons. The molecule has 1 rings (SSSR count). The highest BCUT2D eigenvalue weighted by atomic mass is 16.5. The van der Waals surface area contributed by atoms with Crippen LogP contribution in [-0.2, 0) is 14.3 Å². The van der Waals surface area contributed by atoms with Crippen LogP contribution < -0.4 is 5.32 Å². The number of aliphatic carboxylic acids is 1. The van der Waals surface area contributed by atoms with Crippen LogP contribution in [0, 0.1) is 5.92 Å². The molecule has 7 heteroatoms. The molecule has 0 aromatic heterocycles. The monoisotopic (exact) mass is 272 g/mol. The number of hydrogen-bond acceptors (Lipinski definition) is 4. The number of carboxylic acid groups (broad SMARTS) is 1. The number of carbonyl (C=O) groups excluding carboxylic acids is 2. The minimum Gasteiger partial charge on any atom is -0.480 e. The summed E-state index contributed by atoms with van der Waals surface area (Å²) in [6, 6.07) is -1.70. The van der Waals surface area contributed by atoms with Gasteiger partial charge in [-0.1, -0.05) is 0 Å². The first-order valence-electron chi connectivity index (χ1n) is 6.19. The average molecular weight is 272 g/mol. The van der Waals surface area contributed by atoms with Gasteiger partial charge in [0, 0.05) is 13.1 Å². The van der Waals surface area contributed by atoms with Gasteiger partial charge in [-0.15, -0.1) is 0 Å². The average Bonchev–Trinajstić information content (AvgIpc) is 3.19. The molecular weight excluding hydrogens is 252 g/mol. The third-order valence-corrected chi connectivity index (χ3v) is 3.43. The molecule has 0 spiro atoms. The van der Waals surface area contributed by atoms with E-state index in [1.165, 1.54) is 12.0 Å². The molecule has 0 bridgehead atoms. The van der Waals surface area contributed by atoms with Crippen LogP contribution in [0.3, 0.4) is 0 Å². The Morgan fingerprint density at radius 3 is 2.42 bits per heavy atom. The van der Waals surface area contributed by atoms with Gasteiger partial charge in [0.2, 0.25) is 0 Å². The number of nitrogens with zero attached hydrogens (tertiary/aromatic N) is 1. The normalized spacial score (nSPS) is 17.2. The van der Waals surface area contributed by atoms with Crippen molar-refractivity contribution >= 4 is 18.0 Å². The highest BCUT2D eigenvalue weighted by Gasteiger charge is 2.34. The van der Waals surface area contributed by atoms with Crippen LogP contribution in [-0.4, -0.2) is 54.2 Å². The number of rotatable bonds is 6. The molecule has 19 heavy (non-hydrogen) atoms. The van der Waals surface area contributed by atoms with E-state index in [-0.39, 0.29) is 12.5 Å². The second-order valence-electron chi connectivity index (χ2n) is 4.81. The molecule has 1 aliphatic carbocycles. The van der Waals surface area contributed by atoms with Gasteiger partial charge in [-0.05, 0) is 25.7 Å². The number of carboxylic acids is 1. The van der Waals surface area contributed by atoms with E-state index in [4.69, 9.17) is 5.11 Å². The van der Waals surface area contributed by atoms with Gasteiger partial charge < -0.3 is 20.1 Å². The van der Waals surface area contributed by atoms with Crippen molar-refractivity contribution in [2.24, 2.45) is 5.92 Å². The molecular formula is C12H20N2O5. The van der Waals surface area contributed by atoms with Crippen molar-refractivity contribution in [3.8, 4) is 0 Å². The van der Waals surface area contributed by atoms with Crippen LogP contribution in [0.4, 0.5) is 4.79 Å². The predicted octanol–water partition coefficient (Wildman–Crippen LogP) is 0.443. The maximum atomic E-state index is 11.9. The molecule has 1 saturated carbocycles. The van der Waals surface area contributed by atoms with Gasteiger partial charge in [-0.3, -0.25) is 4.79 Å². The van der Waals surface area contributed by atoms with Gasteiger partial charge in [0.1, 0.15) is 6.04 Å². The first-order chi connectivity index (χ1) is 8.86. The maximum Gasteiger partial charge on any atom is 0.326 e. The van der Waals surface area contributed by atoms with E-state index >= 15 is 0 Å². The lowest BCUT2D eigenvalue weighted by Gasteiger charge is -2.26. The summed E-state index contributed by atoms with van der Waals surface area (Å²) in [5.74, 6) is -1.45. The van der Waals surface area contributed by atoms with E-state index in [0.29, 0.717) is 5.92 Å². The zero-order valence-electron chi connectivity index (χ0n) is 11.4. The minimum absolute atomic E-state index is 0.0626. The fraction of sp³-hybridized carbons (Fsp3) is 0.750. The number of hydrogen-bond donors (Lipinski definition) is 2. The molecule has 0 heterocycles. The molecule has 0 aliphatic heterocycles. The Bertz CT molecular complexity index is 367. The second kappa shape index (κ2) is 6.40. The molecule has 0 aromatic carbocycles. The van der Waals surface area contributed by atoms with Crippen LogP contribution in [0.15, 0.2) is 0 Å². The summed E-state index contributed by atoms with van der Waals surface area (Å²) in [7, 11) is 2.79. The van der Waals surface area contributed by atoms with E-state index in [0.717, 1.165) is 12.8 Å². The second-order valence-corrected chi connectivity index (χ2v) is 4.81. The number of carbonyl (C=O) groups is 3. The minimum atomic E-state index is -1.27. The molecule has 2 amide bonds. The Hall–Kier alpha value is -1.79. The lowest BCUT2D eigenvalue weighted by molar-refractivity contribution is -0.147. The van der Waals surface area contributed by atoms with Gasteiger partial charge in [0.15, 0.2) is 0 Å².